The second-order valence-corrected chi connectivity index (χ2v) is 2.42. The smallest absolute Gasteiger partial charge is 0.216 e. The Kier molecular flexibility index (Phi) is 11.3. The highest BCUT2D eigenvalue weighted by molar-refractivity contribution is 5.72. The Morgan fingerprint density at radius 1 is 1.50 bits per heavy atom. The molecule has 0 aromatic rings. The lowest BCUT2D eigenvalue weighted by molar-refractivity contribution is -0.118. The highest BCUT2D eigenvalue weighted by atomic mass is 16.2. The normalized spacial score (nSPS) is 9.50. The van der Waals surface area contributed by atoms with Crippen molar-refractivity contribution in [3.8, 4) is 0 Å². The average Bonchev–Trinajstić information content (AvgIpc) is 1.96. The summed E-state index contributed by atoms with van der Waals surface area (Å²) in [5.74, 6) is 0.0501. The molecule has 0 saturated carbocycles. The Balaban J connectivity index is 0. The molecule has 0 aliphatic rings. The molecule has 0 rings (SSSR count). The maximum Gasteiger partial charge on any atom is 0.216 e. The molecule has 0 aliphatic heterocycles. The highest BCUT2D eigenvalue weighted by Gasteiger charge is 1.89. The molecular weight excluding hydrogens is 155 g/mol. The predicted molar refractivity (Wildman–Crippen MR) is 53.4 cm³/mol. The van der Waals surface area contributed by atoms with E-state index in [1.165, 1.54) is 6.92 Å². The molecule has 0 aromatic heterocycles. The van der Waals surface area contributed by atoms with Gasteiger partial charge in [0.2, 0.25) is 5.91 Å². The molecule has 3 heteroatoms. The lowest BCUT2D eigenvalue weighted by Crippen LogP contribution is -2.20. The van der Waals surface area contributed by atoms with E-state index in [4.69, 9.17) is 0 Å². The monoisotopic (exact) mass is 174 g/mol. The molecule has 70 valence electrons. The number of aliphatic imine (C=N–C) groups is 1. The molecular formula is C9H19N2O+. The van der Waals surface area contributed by atoms with Crippen LogP contribution in [0.25, 0.3) is 0 Å². The number of hydrogen-bond acceptors (Lipinski definition) is 2. The Labute approximate surface area is 75.3 Å². The van der Waals surface area contributed by atoms with Gasteiger partial charge in [-0.3, -0.25) is 4.79 Å². The molecule has 0 atom stereocenters. The summed E-state index contributed by atoms with van der Waals surface area (Å²) in [7, 11) is 1.77. The molecule has 0 bridgehead atoms. The molecule has 0 unspecified atom stereocenters. The fraction of sp³-hybridized carbons (Fsp3) is 0.667. The fourth-order valence-electron chi connectivity index (χ4n) is 0.754. The number of nitrogens with one attached hydrogen (secondary N) is 1. The minimum absolute atomic E-state index is 0. The van der Waals surface area contributed by atoms with Gasteiger partial charge in [0.25, 0.3) is 0 Å². The van der Waals surface area contributed by atoms with Gasteiger partial charge >= 0.3 is 0 Å². The second kappa shape index (κ2) is 10.0. The average molecular weight is 174 g/mol. The van der Waals surface area contributed by atoms with E-state index in [2.05, 4.69) is 10.3 Å². The molecule has 0 fully saturated rings. The van der Waals surface area contributed by atoms with Crippen LogP contribution < -0.4 is 5.32 Å². The summed E-state index contributed by atoms with van der Waals surface area (Å²) in [6.45, 7) is 2.32. The summed E-state index contributed by atoms with van der Waals surface area (Å²) in [6.07, 6.45) is 5.03. The van der Waals surface area contributed by atoms with Crippen molar-refractivity contribution in [3.05, 3.63) is 7.43 Å². The molecule has 1 N–H and O–H groups in total. The SMILES string of the molecule is [13CH3+].[13CH3]N=CCCCCNC([13CH3])=O. The van der Waals surface area contributed by atoms with Gasteiger partial charge in [0.15, 0.2) is 0 Å². The highest BCUT2D eigenvalue weighted by Crippen LogP contribution is 1.90. The van der Waals surface area contributed by atoms with E-state index in [1.807, 2.05) is 6.21 Å². The van der Waals surface area contributed by atoms with Crippen molar-refractivity contribution in [2.75, 3.05) is 13.6 Å². The minimum atomic E-state index is 0. The van der Waals surface area contributed by atoms with E-state index < -0.39 is 0 Å². The zero-order valence-electron chi connectivity index (χ0n) is 8.26. The van der Waals surface area contributed by atoms with Gasteiger partial charge in [-0.2, -0.15) is 0 Å². The molecule has 0 aromatic carbocycles. The van der Waals surface area contributed by atoms with Crippen molar-refractivity contribution >= 4 is 12.1 Å². The number of carbonyl (C=O) groups is 1. The van der Waals surface area contributed by atoms with Crippen molar-refractivity contribution in [1.82, 2.24) is 5.32 Å². The Morgan fingerprint density at radius 3 is 2.67 bits per heavy atom. The van der Waals surface area contributed by atoms with Crippen LogP contribution in [0.15, 0.2) is 4.99 Å². The van der Waals surface area contributed by atoms with Crippen molar-refractivity contribution in [1.29, 1.82) is 0 Å². The lowest BCUT2D eigenvalue weighted by atomic mass is 10.2. The minimum Gasteiger partial charge on any atom is -0.356 e. The van der Waals surface area contributed by atoms with Gasteiger partial charge in [-0.15, -0.1) is 0 Å². The van der Waals surface area contributed by atoms with Crippen LogP contribution >= 0.6 is 0 Å². The number of nitrogens with zero attached hydrogens (tertiary/aromatic N) is 1. The third-order valence-electron chi connectivity index (χ3n) is 1.32. The maximum absolute atomic E-state index is 10.4. The third-order valence-corrected chi connectivity index (χ3v) is 1.32. The van der Waals surface area contributed by atoms with Crippen LogP contribution in [0, 0.1) is 7.43 Å². The van der Waals surface area contributed by atoms with Crippen LogP contribution in [-0.4, -0.2) is 25.7 Å². The Hall–Kier alpha value is -0.990. The molecule has 0 heterocycles. The topological polar surface area (TPSA) is 41.5 Å². The van der Waals surface area contributed by atoms with Crippen LogP contribution in [0.4, 0.5) is 0 Å². The summed E-state index contributed by atoms with van der Waals surface area (Å²) in [5.41, 5.74) is 0. The maximum atomic E-state index is 10.4. The number of amides is 1. The standard InChI is InChI=1S/C8H16N2O.CH3/c1-8(11)10-7-5-3-4-6-9-2;/h6H,3-5,7H2,1-2H3,(H,10,11);1H3/q;+1/i1+1,2+1;1+1. The van der Waals surface area contributed by atoms with E-state index in [9.17, 15) is 4.79 Å². The molecule has 12 heavy (non-hydrogen) atoms. The van der Waals surface area contributed by atoms with Gasteiger partial charge in [0.05, 0.1) is 0 Å². The fourth-order valence-corrected chi connectivity index (χ4v) is 0.754. The van der Waals surface area contributed by atoms with E-state index in [-0.39, 0.29) is 13.3 Å². The summed E-state index contributed by atoms with van der Waals surface area (Å²) < 4.78 is 0. The number of unbranched alkanes of at least 4 members (excludes halogenated alkanes) is 2. The first-order chi connectivity index (χ1) is 5.27. The van der Waals surface area contributed by atoms with Crippen LogP contribution in [0.2, 0.25) is 0 Å². The van der Waals surface area contributed by atoms with Gasteiger partial charge < -0.3 is 10.3 Å². The lowest BCUT2D eigenvalue weighted by Gasteiger charge is -1.98. The molecule has 0 spiro atoms. The first-order valence-corrected chi connectivity index (χ1v) is 3.92. The van der Waals surface area contributed by atoms with Gasteiger partial charge in [0, 0.05) is 27.9 Å². The summed E-state index contributed by atoms with van der Waals surface area (Å²) in [6, 6.07) is 0. The van der Waals surface area contributed by atoms with Gasteiger partial charge in [-0.1, -0.05) is 0 Å². The summed E-state index contributed by atoms with van der Waals surface area (Å²) in [5, 5.41) is 2.74. The van der Waals surface area contributed by atoms with Crippen LogP contribution in [-0.2, 0) is 4.79 Å². The Bertz CT molecular complexity index is 132. The first-order valence-electron chi connectivity index (χ1n) is 3.92. The quantitative estimate of drug-likeness (QED) is 0.291. The second-order valence-electron chi connectivity index (χ2n) is 2.42. The zero-order valence-corrected chi connectivity index (χ0v) is 8.26. The third kappa shape index (κ3) is 11.8. The molecule has 1 amide bonds. The van der Waals surface area contributed by atoms with Crippen molar-refractivity contribution in [3.63, 3.8) is 0 Å². The van der Waals surface area contributed by atoms with E-state index in [1.54, 1.807) is 7.05 Å². The Morgan fingerprint density at radius 2 is 2.17 bits per heavy atom. The van der Waals surface area contributed by atoms with Crippen LogP contribution in [0.3, 0.4) is 0 Å². The zero-order chi connectivity index (χ0) is 8.53. The summed E-state index contributed by atoms with van der Waals surface area (Å²) >= 11 is 0. The van der Waals surface area contributed by atoms with Crippen molar-refractivity contribution < 1.29 is 4.79 Å². The van der Waals surface area contributed by atoms with Gasteiger partial charge in [-0.05, 0) is 25.5 Å². The van der Waals surface area contributed by atoms with Crippen molar-refractivity contribution in [2.45, 2.75) is 26.2 Å². The number of hydrogen-bond donors (Lipinski definition) is 1. The van der Waals surface area contributed by atoms with E-state index >= 15 is 0 Å². The predicted octanol–water partition coefficient (Wildman–Crippen LogP) is 1.44. The largest absolute Gasteiger partial charge is 0.356 e. The number of rotatable bonds is 5. The van der Waals surface area contributed by atoms with Crippen LogP contribution in [0.1, 0.15) is 26.2 Å². The van der Waals surface area contributed by atoms with Crippen LogP contribution in [0.5, 0.6) is 0 Å². The number of carbonyl (C=O) groups excluding carboxylic acids is 1. The molecule has 0 saturated heterocycles. The first kappa shape index (κ1) is 13.6. The van der Waals surface area contributed by atoms with E-state index in [0.29, 0.717) is 0 Å². The van der Waals surface area contributed by atoms with Crippen molar-refractivity contribution in [2.24, 2.45) is 4.99 Å². The van der Waals surface area contributed by atoms with Gasteiger partial charge in [-0.25, -0.2) is 0 Å². The molecule has 3 nitrogen and oxygen atoms in total. The molecule has 0 aliphatic carbocycles. The molecule has 0 radical (unpaired) electrons. The van der Waals surface area contributed by atoms with Gasteiger partial charge in [0.1, 0.15) is 0 Å². The van der Waals surface area contributed by atoms with E-state index in [0.717, 1.165) is 25.8 Å². The summed E-state index contributed by atoms with van der Waals surface area (Å²) in [4.78, 5) is 14.3.